The first kappa shape index (κ1) is 14.1. The van der Waals surface area contributed by atoms with Gasteiger partial charge in [0.25, 0.3) is 0 Å². The van der Waals surface area contributed by atoms with Crippen molar-refractivity contribution in [2.45, 2.75) is 56.8 Å². The quantitative estimate of drug-likeness (QED) is 0.861. The van der Waals surface area contributed by atoms with Crippen LogP contribution in [0.25, 0.3) is 0 Å². The van der Waals surface area contributed by atoms with Crippen molar-refractivity contribution in [3.8, 4) is 0 Å². The number of benzene rings is 1. The summed E-state index contributed by atoms with van der Waals surface area (Å²) < 4.78 is 13.2. The van der Waals surface area contributed by atoms with E-state index in [1.165, 1.54) is 56.9 Å². The maximum absolute atomic E-state index is 13.2. The summed E-state index contributed by atoms with van der Waals surface area (Å²) in [6.45, 7) is 1.01. The fourth-order valence-corrected chi connectivity index (χ4v) is 4.79. The summed E-state index contributed by atoms with van der Waals surface area (Å²) in [5, 5.41) is 3.37. The fraction of sp³-hybridized carbons (Fsp3) is 0.667. The van der Waals surface area contributed by atoms with Gasteiger partial charge in [-0.25, -0.2) is 4.39 Å². The number of hydrogen-bond donors (Lipinski definition) is 1. The van der Waals surface area contributed by atoms with Crippen LogP contribution in [0.5, 0.6) is 0 Å². The summed E-state index contributed by atoms with van der Waals surface area (Å²) in [6, 6.07) is 7.22. The molecule has 0 bridgehead atoms. The van der Waals surface area contributed by atoms with Crippen molar-refractivity contribution in [3.05, 3.63) is 35.6 Å². The average Bonchev–Trinajstić information content (AvgIpc) is 2.65. The molecule has 0 aromatic heterocycles. The summed E-state index contributed by atoms with van der Waals surface area (Å²) in [7, 11) is 2.03. The van der Waals surface area contributed by atoms with Crippen LogP contribution in [0.2, 0.25) is 0 Å². The summed E-state index contributed by atoms with van der Waals surface area (Å²) in [5.41, 5.74) is 2.15. The van der Waals surface area contributed by atoms with Crippen LogP contribution in [0, 0.1) is 11.2 Å². The second-order valence-corrected chi connectivity index (χ2v) is 7.09. The van der Waals surface area contributed by atoms with Crippen LogP contribution in [0.3, 0.4) is 0 Å². The van der Waals surface area contributed by atoms with E-state index in [9.17, 15) is 4.39 Å². The van der Waals surface area contributed by atoms with Gasteiger partial charge in [-0.2, -0.15) is 0 Å². The van der Waals surface area contributed by atoms with Gasteiger partial charge in [0.2, 0.25) is 0 Å². The third-order valence-electron chi connectivity index (χ3n) is 5.56. The zero-order valence-electron chi connectivity index (χ0n) is 12.6. The minimum absolute atomic E-state index is 0.128. The van der Waals surface area contributed by atoms with E-state index in [1.54, 1.807) is 12.1 Å². The third-order valence-corrected chi connectivity index (χ3v) is 5.56. The van der Waals surface area contributed by atoms with E-state index in [2.05, 4.69) is 5.32 Å². The van der Waals surface area contributed by atoms with Gasteiger partial charge in [0, 0.05) is 12.0 Å². The zero-order valence-corrected chi connectivity index (χ0v) is 12.6. The molecule has 20 heavy (non-hydrogen) atoms. The number of hydrogen-bond acceptors (Lipinski definition) is 1. The normalized spacial score (nSPS) is 24.1. The lowest BCUT2D eigenvalue weighted by Crippen LogP contribution is -2.54. The van der Waals surface area contributed by atoms with Crippen LogP contribution in [0.15, 0.2) is 24.3 Å². The van der Waals surface area contributed by atoms with Crippen LogP contribution < -0.4 is 5.32 Å². The van der Waals surface area contributed by atoms with Gasteiger partial charge in [0.15, 0.2) is 0 Å². The lowest BCUT2D eigenvalue weighted by Gasteiger charge is -2.57. The van der Waals surface area contributed by atoms with E-state index >= 15 is 0 Å². The molecular formula is C18H26FN. The molecule has 0 unspecified atom stereocenters. The number of rotatable bonds is 3. The molecule has 1 nitrogen and oxygen atoms in total. The second kappa shape index (κ2) is 5.48. The van der Waals surface area contributed by atoms with Crippen molar-refractivity contribution in [2.75, 3.05) is 13.6 Å². The Morgan fingerprint density at radius 1 is 1.00 bits per heavy atom. The molecule has 0 amide bonds. The highest BCUT2D eigenvalue weighted by Crippen LogP contribution is 2.61. The Bertz CT molecular complexity index is 435. The predicted molar refractivity (Wildman–Crippen MR) is 81.4 cm³/mol. The molecule has 2 heteroatoms. The lowest BCUT2D eigenvalue weighted by atomic mass is 9.48. The SMILES string of the molecule is CNCC1(c2ccc(F)cc2)CC2(CCCCCC2)C1. The molecule has 110 valence electrons. The van der Waals surface area contributed by atoms with Crippen LogP contribution in [-0.4, -0.2) is 13.6 Å². The van der Waals surface area contributed by atoms with Crippen molar-refractivity contribution >= 4 is 0 Å². The second-order valence-electron chi connectivity index (χ2n) is 7.09. The van der Waals surface area contributed by atoms with E-state index in [0.717, 1.165) is 6.54 Å². The molecule has 0 aliphatic heterocycles. The molecule has 1 N–H and O–H groups in total. The molecular weight excluding hydrogens is 249 g/mol. The van der Waals surface area contributed by atoms with Gasteiger partial charge < -0.3 is 5.32 Å². The lowest BCUT2D eigenvalue weighted by molar-refractivity contribution is 0.00718. The first-order valence-electron chi connectivity index (χ1n) is 8.09. The molecule has 3 rings (SSSR count). The highest BCUT2D eigenvalue weighted by Gasteiger charge is 2.53. The highest BCUT2D eigenvalue weighted by molar-refractivity contribution is 5.32. The van der Waals surface area contributed by atoms with E-state index in [1.807, 2.05) is 19.2 Å². The van der Waals surface area contributed by atoms with Gasteiger partial charge in [-0.3, -0.25) is 0 Å². The molecule has 1 spiro atoms. The Morgan fingerprint density at radius 2 is 1.60 bits per heavy atom. The minimum atomic E-state index is -0.128. The standard InChI is InChI=1S/C18H26FN/c1-20-14-18(15-6-8-16(19)9-7-15)12-17(13-18)10-4-2-3-5-11-17/h6-9,20H,2-5,10-14H2,1H3. The van der Waals surface area contributed by atoms with Gasteiger partial charge >= 0.3 is 0 Å². The maximum Gasteiger partial charge on any atom is 0.123 e. The first-order chi connectivity index (χ1) is 9.68. The monoisotopic (exact) mass is 275 g/mol. The molecule has 2 aliphatic rings. The molecule has 2 saturated carbocycles. The van der Waals surface area contributed by atoms with Gasteiger partial charge in [-0.05, 0) is 55.8 Å². The number of halogens is 1. The summed E-state index contributed by atoms with van der Waals surface area (Å²) in [4.78, 5) is 0. The molecule has 0 heterocycles. The van der Waals surface area contributed by atoms with Crippen molar-refractivity contribution < 1.29 is 4.39 Å². The molecule has 0 atom stereocenters. The Balaban J connectivity index is 1.79. The minimum Gasteiger partial charge on any atom is -0.319 e. The Labute approximate surface area is 122 Å². The molecule has 1 aromatic carbocycles. The van der Waals surface area contributed by atoms with Crippen molar-refractivity contribution in [1.29, 1.82) is 0 Å². The van der Waals surface area contributed by atoms with Crippen molar-refractivity contribution in [3.63, 3.8) is 0 Å². The number of likely N-dealkylation sites (N-methyl/N-ethyl adjacent to an activating group) is 1. The van der Waals surface area contributed by atoms with E-state index in [4.69, 9.17) is 0 Å². The van der Waals surface area contributed by atoms with Crippen LogP contribution in [0.4, 0.5) is 4.39 Å². The van der Waals surface area contributed by atoms with Crippen LogP contribution in [-0.2, 0) is 5.41 Å². The molecule has 2 aliphatic carbocycles. The van der Waals surface area contributed by atoms with E-state index in [-0.39, 0.29) is 11.2 Å². The van der Waals surface area contributed by atoms with E-state index in [0.29, 0.717) is 5.41 Å². The zero-order chi connectivity index (χ0) is 14.1. The largest absolute Gasteiger partial charge is 0.319 e. The predicted octanol–water partition coefficient (Wildman–Crippen LogP) is 4.42. The Hall–Kier alpha value is -0.890. The van der Waals surface area contributed by atoms with Gasteiger partial charge in [0.1, 0.15) is 5.82 Å². The van der Waals surface area contributed by atoms with Crippen LogP contribution >= 0.6 is 0 Å². The van der Waals surface area contributed by atoms with E-state index < -0.39 is 0 Å². The first-order valence-corrected chi connectivity index (χ1v) is 8.09. The molecule has 0 radical (unpaired) electrons. The molecule has 1 aromatic rings. The smallest absolute Gasteiger partial charge is 0.123 e. The molecule has 0 saturated heterocycles. The van der Waals surface area contributed by atoms with Crippen LogP contribution in [0.1, 0.15) is 56.9 Å². The summed E-state index contributed by atoms with van der Waals surface area (Å²) in [5.74, 6) is -0.128. The topological polar surface area (TPSA) is 12.0 Å². The Morgan fingerprint density at radius 3 is 2.15 bits per heavy atom. The number of nitrogens with one attached hydrogen (secondary N) is 1. The highest BCUT2D eigenvalue weighted by atomic mass is 19.1. The third kappa shape index (κ3) is 2.50. The summed E-state index contributed by atoms with van der Waals surface area (Å²) >= 11 is 0. The maximum atomic E-state index is 13.2. The van der Waals surface area contributed by atoms with Gasteiger partial charge in [0.05, 0.1) is 0 Å². The summed E-state index contributed by atoms with van der Waals surface area (Å²) in [6.07, 6.45) is 11.0. The van der Waals surface area contributed by atoms with Gasteiger partial charge in [-0.15, -0.1) is 0 Å². The fourth-order valence-electron chi connectivity index (χ4n) is 4.79. The average molecular weight is 275 g/mol. The van der Waals surface area contributed by atoms with Crippen molar-refractivity contribution in [2.24, 2.45) is 5.41 Å². The van der Waals surface area contributed by atoms with Crippen molar-refractivity contribution in [1.82, 2.24) is 5.32 Å². The van der Waals surface area contributed by atoms with Gasteiger partial charge in [-0.1, -0.05) is 37.8 Å². The Kier molecular flexibility index (Phi) is 3.85. The molecule has 2 fully saturated rings.